The van der Waals surface area contributed by atoms with Gasteiger partial charge in [-0.25, -0.2) is 9.97 Å². The molecule has 3 aliphatic rings. The van der Waals surface area contributed by atoms with Crippen LogP contribution >= 0.6 is 11.3 Å². The second-order valence-electron chi connectivity index (χ2n) is 8.08. The largest absolute Gasteiger partial charge is 0.389 e. The summed E-state index contributed by atoms with van der Waals surface area (Å²) in [5, 5.41) is 10.8. The molecule has 2 aromatic rings. The van der Waals surface area contributed by atoms with Crippen LogP contribution in [0.1, 0.15) is 46.4 Å². The first-order valence-electron chi connectivity index (χ1n) is 9.64. The normalized spacial score (nSPS) is 20.8. The molecule has 5 rings (SSSR count). The third-order valence-electron chi connectivity index (χ3n) is 5.99. The number of hydrogen-bond donors (Lipinski definition) is 1. The zero-order chi connectivity index (χ0) is 18.9. The molecular formula is C20H24N4O2S. The van der Waals surface area contributed by atoms with Crippen LogP contribution < -0.4 is 4.90 Å². The summed E-state index contributed by atoms with van der Waals surface area (Å²) in [5.41, 5.74) is 3.66. The van der Waals surface area contributed by atoms with Gasteiger partial charge in [0.05, 0.1) is 32.9 Å². The van der Waals surface area contributed by atoms with E-state index in [4.69, 9.17) is 4.98 Å². The maximum atomic E-state index is 13.2. The second-order valence-corrected chi connectivity index (χ2v) is 9.29. The fourth-order valence-electron chi connectivity index (χ4n) is 4.24. The number of carbonyl (C=O) groups is 1. The van der Waals surface area contributed by atoms with Crippen molar-refractivity contribution < 1.29 is 9.90 Å². The number of hydrogen-bond acceptors (Lipinski definition) is 6. The monoisotopic (exact) mass is 384 g/mol. The Hall–Kier alpha value is -1.99. The molecule has 0 radical (unpaired) electrons. The molecule has 2 aliphatic heterocycles. The van der Waals surface area contributed by atoms with Gasteiger partial charge in [-0.1, -0.05) is 0 Å². The zero-order valence-corrected chi connectivity index (χ0v) is 16.7. The van der Waals surface area contributed by atoms with E-state index in [1.54, 1.807) is 11.3 Å². The van der Waals surface area contributed by atoms with E-state index in [0.29, 0.717) is 25.6 Å². The van der Waals surface area contributed by atoms with Gasteiger partial charge in [-0.3, -0.25) is 4.79 Å². The molecule has 4 heterocycles. The highest BCUT2D eigenvalue weighted by atomic mass is 32.1. The molecule has 0 aromatic carbocycles. The van der Waals surface area contributed by atoms with Crippen LogP contribution in [-0.4, -0.2) is 51.1 Å². The highest BCUT2D eigenvalue weighted by Gasteiger charge is 2.42. The van der Waals surface area contributed by atoms with E-state index >= 15 is 0 Å². The Balaban J connectivity index is 1.60. The van der Waals surface area contributed by atoms with E-state index in [1.807, 2.05) is 23.6 Å². The van der Waals surface area contributed by atoms with Gasteiger partial charge >= 0.3 is 0 Å². The highest BCUT2D eigenvalue weighted by Crippen LogP contribution is 2.42. The number of pyridine rings is 1. The van der Waals surface area contributed by atoms with E-state index in [9.17, 15) is 9.90 Å². The predicted octanol–water partition coefficient (Wildman–Crippen LogP) is 2.76. The Bertz CT molecular complexity index is 930. The van der Waals surface area contributed by atoms with Gasteiger partial charge < -0.3 is 14.9 Å². The highest BCUT2D eigenvalue weighted by molar-refractivity contribution is 7.15. The molecule has 7 heteroatoms. The van der Waals surface area contributed by atoms with Gasteiger partial charge in [0.1, 0.15) is 5.82 Å². The minimum Gasteiger partial charge on any atom is -0.389 e. The van der Waals surface area contributed by atoms with Gasteiger partial charge in [-0.05, 0) is 51.2 Å². The van der Waals surface area contributed by atoms with Gasteiger partial charge in [-0.15, -0.1) is 11.3 Å². The first-order valence-corrected chi connectivity index (χ1v) is 10.5. The number of aryl methyl sites for hydroxylation is 2. The van der Waals surface area contributed by atoms with Gasteiger partial charge in [-0.2, -0.15) is 0 Å². The lowest BCUT2D eigenvalue weighted by atomic mass is 10.1. The van der Waals surface area contributed by atoms with Crippen molar-refractivity contribution in [2.75, 3.05) is 18.0 Å². The summed E-state index contributed by atoms with van der Waals surface area (Å²) in [5.74, 6) is 1.46. The molecule has 1 atom stereocenters. The van der Waals surface area contributed by atoms with Crippen molar-refractivity contribution in [2.45, 2.75) is 52.3 Å². The quantitative estimate of drug-likeness (QED) is 0.878. The number of amides is 1. The Morgan fingerprint density at radius 3 is 2.59 bits per heavy atom. The number of nitrogens with zero attached hydrogens (tertiary/aromatic N) is 4. The Morgan fingerprint density at radius 1 is 1.26 bits per heavy atom. The first-order chi connectivity index (χ1) is 12.9. The summed E-state index contributed by atoms with van der Waals surface area (Å²) in [6.45, 7) is 7.91. The summed E-state index contributed by atoms with van der Waals surface area (Å²) in [6.07, 6.45) is 2.10. The van der Waals surface area contributed by atoms with E-state index in [-0.39, 0.29) is 18.1 Å². The summed E-state index contributed by atoms with van der Waals surface area (Å²) >= 11 is 1.64. The van der Waals surface area contributed by atoms with E-state index in [2.05, 4.69) is 18.0 Å². The molecular weight excluding hydrogens is 360 g/mol. The van der Waals surface area contributed by atoms with Crippen molar-refractivity contribution >= 4 is 23.1 Å². The van der Waals surface area contributed by atoms with Crippen molar-refractivity contribution in [3.05, 3.63) is 27.9 Å². The van der Waals surface area contributed by atoms with Crippen molar-refractivity contribution in [1.82, 2.24) is 14.9 Å². The summed E-state index contributed by atoms with van der Waals surface area (Å²) < 4.78 is 0. The zero-order valence-electron chi connectivity index (χ0n) is 15.9. The Kier molecular flexibility index (Phi) is 3.81. The second kappa shape index (κ2) is 6.01. The number of rotatable bonds is 4. The summed E-state index contributed by atoms with van der Waals surface area (Å²) in [6, 6.07) is 2.35. The predicted molar refractivity (Wildman–Crippen MR) is 105 cm³/mol. The lowest BCUT2D eigenvalue weighted by Gasteiger charge is -2.37. The third kappa shape index (κ3) is 2.75. The lowest BCUT2D eigenvalue weighted by Crippen LogP contribution is -2.51. The van der Waals surface area contributed by atoms with Crippen LogP contribution in [0.2, 0.25) is 0 Å². The number of aromatic nitrogens is 2. The number of fused-ring (bicyclic) bond motifs is 1. The lowest BCUT2D eigenvalue weighted by molar-refractivity contribution is 0.0696. The smallest absolute Gasteiger partial charge is 0.258 e. The summed E-state index contributed by atoms with van der Waals surface area (Å²) in [7, 11) is 0. The molecule has 0 bridgehead atoms. The molecule has 6 nitrogen and oxygen atoms in total. The maximum Gasteiger partial charge on any atom is 0.258 e. The van der Waals surface area contributed by atoms with Crippen LogP contribution in [0.3, 0.4) is 0 Å². The van der Waals surface area contributed by atoms with Crippen LogP contribution in [-0.2, 0) is 6.54 Å². The minimum atomic E-state index is -0.337. The molecule has 1 N–H and O–H groups in total. The van der Waals surface area contributed by atoms with E-state index in [1.165, 1.54) is 12.8 Å². The molecule has 0 unspecified atom stereocenters. The van der Waals surface area contributed by atoms with Crippen LogP contribution in [0, 0.1) is 19.8 Å². The van der Waals surface area contributed by atoms with Gasteiger partial charge in [0.2, 0.25) is 0 Å². The number of thiazole rings is 1. The fraction of sp³-hybridized carbons (Fsp3) is 0.550. The van der Waals surface area contributed by atoms with Gasteiger partial charge in [0.25, 0.3) is 5.91 Å². The number of carbonyl (C=O) groups excluding carboxylic acids is 1. The molecule has 1 aliphatic carbocycles. The molecule has 27 heavy (non-hydrogen) atoms. The fourth-order valence-corrected chi connectivity index (χ4v) is 5.12. The molecule has 142 valence electrons. The average Bonchev–Trinajstić information content (AvgIpc) is 3.32. The molecule has 0 spiro atoms. The van der Waals surface area contributed by atoms with Crippen LogP contribution in [0.25, 0.3) is 10.6 Å². The van der Waals surface area contributed by atoms with Gasteiger partial charge in [0.15, 0.2) is 0 Å². The Labute approximate surface area is 162 Å². The molecule has 1 saturated carbocycles. The number of β-amino-alcohol motifs (C(OH)–C–C–N with tert-alkyl or cyclic N) is 1. The number of aliphatic hydroxyl groups excluding tert-OH is 1. The maximum absolute atomic E-state index is 13.2. The minimum absolute atomic E-state index is 0.0945. The first kappa shape index (κ1) is 17.1. The number of aliphatic hydroxyl groups is 1. The molecule has 2 aromatic heterocycles. The SMILES string of the molecule is Cc1nc(C)c(-c2cc3c(c(N4CC(O)C4)n2)C(=O)N([C@@H](C)C2CC2)C3)s1. The van der Waals surface area contributed by atoms with Crippen LogP contribution in [0.4, 0.5) is 5.82 Å². The average molecular weight is 385 g/mol. The van der Waals surface area contributed by atoms with E-state index < -0.39 is 0 Å². The van der Waals surface area contributed by atoms with Crippen molar-refractivity contribution in [2.24, 2.45) is 5.92 Å². The molecule has 1 amide bonds. The van der Waals surface area contributed by atoms with Crippen LogP contribution in [0.15, 0.2) is 6.07 Å². The van der Waals surface area contributed by atoms with Crippen LogP contribution in [0.5, 0.6) is 0 Å². The topological polar surface area (TPSA) is 69.6 Å². The van der Waals surface area contributed by atoms with Crippen molar-refractivity contribution in [3.63, 3.8) is 0 Å². The summed E-state index contributed by atoms with van der Waals surface area (Å²) in [4.78, 5) is 27.8. The van der Waals surface area contributed by atoms with Gasteiger partial charge in [0, 0.05) is 25.7 Å². The Morgan fingerprint density at radius 2 is 2.00 bits per heavy atom. The van der Waals surface area contributed by atoms with Crippen molar-refractivity contribution in [1.29, 1.82) is 0 Å². The standard InChI is InChI=1S/C20H24N4O2S/c1-10-18(27-12(3)21-10)16-6-14-7-24(11(2)13-4-5-13)20(26)17(14)19(22-16)23-8-15(25)9-23/h6,11,13,15,25H,4-5,7-9H2,1-3H3/t11-/m0/s1. The molecule has 2 fully saturated rings. The number of anilines is 1. The molecule has 1 saturated heterocycles. The van der Waals surface area contributed by atoms with Crippen molar-refractivity contribution in [3.8, 4) is 10.6 Å². The third-order valence-corrected chi connectivity index (χ3v) is 7.09. The van der Waals surface area contributed by atoms with E-state index in [0.717, 1.165) is 38.2 Å².